The first-order valence-electron chi connectivity index (χ1n) is 6.13. The van der Waals surface area contributed by atoms with Crippen LogP contribution in [-0.4, -0.2) is 17.0 Å². The van der Waals surface area contributed by atoms with E-state index in [-0.39, 0.29) is 6.04 Å². The molecule has 1 unspecified atom stereocenters. The first-order valence-corrected chi connectivity index (χ1v) is 6.51. The second-order valence-corrected chi connectivity index (χ2v) is 4.83. The van der Waals surface area contributed by atoms with E-state index in [9.17, 15) is 0 Å². The van der Waals surface area contributed by atoms with Gasteiger partial charge in [0.1, 0.15) is 5.82 Å². The zero-order valence-electron chi connectivity index (χ0n) is 11.2. The first kappa shape index (κ1) is 13.6. The molecule has 1 heterocycles. The molecule has 1 aromatic heterocycles. The molecule has 1 aromatic carbocycles. The molecule has 2 N–H and O–H groups in total. The Balaban J connectivity index is 2.21. The Bertz CT molecular complexity index is 571. The van der Waals surface area contributed by atoms with Crippen molar-refractivity contribution in [3.63, 3.8) is 0 Å². The van der Waals surface area contributed by atoms with Crippen LogP contribution in [0.1, 0.15) is 24.1 Å². The first-order chi connectivity index (χ1) is 9.10. The third-order valence-electron chi connectivity index (χ3n) is 2.90. The van der Waals surface area contributed by atoms with Gasteiger partial charge in [0.25, 0.3) is 0 Å². The summed E-state index contributed by atoms with van der Waals surface area (Å²) in [6.07, 6.45) is 1.80. The Labute approximate surface area is 118 Å². The van der Waals surface area contributed by atoms with Gasteiger partial charge in [0.15, 0.2) is 0 Å². The number of anilines is 2. The number of hydrogen-bond donors (Lipinski definition) is 2. The topological polar surface area (TPSA) is 49.8 Å². The molecule has 0 saturated heterocycles. The third kappa shape index (κ3) is 3.35. The molecular formula is C14H17ClN4. The summed E-state index contributed by atoms with van der Waals surface area (Å²) in [6.45, 7) is 4.05. The molecule has 100 valence electrons. The molecular weight excluding hydrogens is 260 g/mol. The number of rotatable bonds is 4. The van der Waals surface area contributed by atoms with Crippen LogP contribution in [0.15, 0.2) is 30.5 Å². The molecule has 0 aliphatic heterocycles. The van der Waals surface area contributed by atoms with Crippen LogP contribution in [0.3, 0.4) is 0 Å². The van der Waals surface area contributed by atoms with Crippen molar-refractivity contribution < 1.29 is 0 Å². The van der Waals surface area contributed by atoms with Crippen molar-refractivity contribution in [1.29, 1.82) is 0 Å². The van der Waals surface area contributed by atoms with Gasteiger partial charge in [0.2, 0.25) is 5.95 Å². The summed E-state index contributed by atoms with van der Waals surface area (Å²) in [7, 11) is 1.80. The van der Waals surface area contributed by atoms with E-state index in [1.165, 1.54) is 0 Å². The second-order valence-electron chi connectivity index (χ2n) is 4.40. The van der Waals surface area contributed by atoms with Crippen LogP contribution in [0.4, 0.5) is 11.8 Å². The lowest BCUT2D eigenvalue weighted by Crippen LogP contribution is -2.10. The fourth-order valence-electron chi connectivity index (χ4n) is 1.77. The van der Waals surface area contributed by atoms with E-state index in [1.54, 1.807) is 13.2 Å². The van der Waals surface area contributed by atoms with Gasteiger partial charge in [-0.1, -0.05) is 23.7 Å². The lowest BCUT2D eigenvalue weighted by molar-refractivity contribution is 0.868. The van der Waals surface area contributed by atoms with Crippen LogP contribution < -0.4 is 10.6 Å². The van der Waals surface area contributed by atoms with Crippen molar-refractivity contribution >= 4 is 23.4 Å². The maximum absolute atomic E-state index is 6.01. The molecule has 5 heteroatoms. The molecule has 2 rings (SSSR count). The van der Waals surface area contributed by atoms with Crippen LogP contribution >= 0.6 is 11.6 Å². The minimum Gasteiger partial charge on any atom is -0.363 e. The van der Waals surface area contributed by atoms with Crippen LogP contribution in [0.2, 0.25) is 5.02 Å². The maximum Gasteiger partial charge on any atom is 0.224 e. The third-order valence-corrected chi connectivity index (χ3v) is 3.13. The van der Waals surface area contributed by atoms with Crippen molar-refractivity contribution in [1.82, 2.24) is 9.97 Å². The summed E-state index contributed by atoms with van der Waals surface area (Å²) < 4.78 is 0. The predicted octanol–water partition coefficient (Wildman–Crippen LogP) is 3.65. The van der Waals surface area contributed by atoms with Gasteiger partial charge in [-0.2, -0.15) is 4.98 Å². The van der Waals surface area contributed by atoms with Crippen LogP contribution in [0, 0.1) is 6.92 Å². The highest BCUT2D eigenvalue weighted by atomic mass is 35.5. The van der Waals surface area contributed by atoms with E-state index in [0.717, 1.165) is 22.0 Å². The maximum atomic E-state index is 6.01. The Kier molecular flexibility index (Phi) is 4.22. The fourth-order valence-corrected chi connectivity index (χ4v) is 1.97. The highest BCUT2D eigenvalue weighted by Crippen LogP contribution is 2.22. The molecule has 4 nitrogen and oxygen atoms in total. The lowest BCUT2D eigenvalue weighted by Gasteiger charge is -2.17. The molecule has 0 saturated carbocycles. The summed E-state index contributed by atoms with van der Waals surface area (Å²) in [5.74, 6) is 1.43. The molecule has 0 spiro atoms. The standard InChI is InChI=1S/C14H17ClN4/c1-9-8-17-14(16-3)19-13(9)18-10(2)11-5-4-6-12(15)7-11/h4-8,10H,1-3H3,(H2,16,17,18,19). The van der Waals surface area contributed by atoms with E-state index < -0.39 is 0 Å². The number of hydrogen-bond acceptors (Lipinski definition) is 4. The van der Waals surface area contributed by atoms with Crippen molar-refractivity contribution in [2.75, 3.05) is 17.7 Å². The average Bonchev–Trinajstić information content (AvgIpc) is 2.41. The van der Waals surface area contributed by atoms with Gasteiger partial charge >= 0.3 is 0 Å². The van der Waals surface area contributed by atoms with Crippen molar-refractivity contribution in [2.24, 2.45) is 0 Å². The van der Waals surface area contributed by atoms with Crippen molar-refractivity contribution in [2.45, 2.75) is 19.9 Å². The van der Waals surface area contributed by atoms with Crippen molar-refractivity contribution in [3.05, 3.63) is 46.6 Å². The normalized spacial score (nSPS) is 12.0. The smallest absolute Gasteiger partial charge is 0.224 e. The second kappa shape index (κ2) is 5.89. The predicted molar refractivity (Wildman–Crippen MR) is 79.8 cm³/mol. The zero-order chi connectivity index (χ0) is 13.8. The number of aromatic nitrogens is 2. The SMILES string of the molecule is CNc1ncc(C)c(NC(C)c2cccc(Cl)c2)n1. The molecule has 2 aromatic rings. The number of nitrogens with one attached hydrogen (secondary N) is 2. The highest BCUT2D eigenvalue weighted by Gasteiger charge is 2.09. The average molecular weight is 277 g/mol. The highest BCUT2D eigenvalue weighted by molar-refractivity contribution is 6.30. The Morgan fingerprint density at radius 1 is 1.32 bits per heavy atom. The summed E-state index contributed by atoms with van der Waals surface area (Å²) in [5, 5.41) is 7.05. The van der Waals surface area contributed by atoms with Crippen LogP contribution in [0.25, 0.3) is 0 Å². The van der Waals surface area contributed by atoms with E-state index in [0.29, 0.717) is 5.95 Å². The van der Waals surface area contributed by atoms with Gasteiger partial charge in [-0.3, -0.25) is 0 Å². The minimum atomic E-state index is 0.122. The Hall–Kier alpha value is -1.81. The van der Waals surface area contributed by atoms with Gasteiger partial charge in [0.05, 0.1) is 6.04 Å². The van der Waals surface area contributed by atoms with Crippen LogP contribution in [-0.2, 0) is 0 Å². The lowest BCUT2D eigenvalue weighted by atomic mass is 10.1. The van der Waals surface area contributed by atoms with Gasteiger partial charge < -0.3 is 10.6 Å². The molecule has 0 amide bonds. The Morgan fingerprint density at radius 3 is 2.79 bits per heavy atom. The Morgan fingerprint density at radius 2 is 2.11 bits per heavy atom. The number of benzene rings is 1. The quantitative estimate of drug-likeness (QED) is 0.895. The van der Waals surface area contributed by atoms with Gasteiger partial charge in [0, 0.05) is 23.8 Å². The summed E-state index contributed by atoms with van der Waals surface area (Å²) in [6, 6.07) is 7.93. The monoisotopic (exact) mass is 276 g/mol. The van der Waals surface area contributed by atoms with Gasteiger partial charge in [-0.05, 0) is 31.5 Å². The number of halogens is 1. The molecule has 0 fully saturated rings. The van der Waals surface area contributed by atoms with Crippen molar-refractivity contribution in [3.8, 4) is 0 Å². The number of aryl methyl sites for hydroxylation is 1. The molecule has 0 radical (unpaired) electrons. The molecule has 19 heavy (non-hydrogen) atoms. The summed E-state index contributed by atoms with van der Waals surface area (Å²) in [5.41, 5.74) is 2.13. The van der Waals surface area contributed by atoms with Crippen LogP contribution in [0.5, 0.6) is 0 Å². The van der Waals surface area contributed by atoms with E-state index >= 15 is 0 Å². The zero-order valence-corrected chi connectivity index (χ0v) is 12.0. The number of nitrogens with zero attached hydrogens (tertiary/aromatic N) is 2. The molecule has 0 aliphatic rings. The molecule has 0 bridgehead atoms. The fraction of sp³-hybridized carbons (Fsp3) is 0.286. The van der Waals surface area contributed by atoms with E-state index in [2.05, 4.69) is 27.5 Å². The summed E-state index contributed by atoms with van der Waals surface area (Å²) in [4.78, 5) is 8.58. The molecule has 1 atom stereocenters. The van der Waals surface area contributed by atoms with Gasteiger partial charge in [-0.25, -0.2) is 4.98 Å². The minimum absolute atomic E-state index is 0.122. The van der Waals surface area contributed by atoms with E-state index in [4.69, 9.17) is 11.6 Å². The van der Waals surface area contributed by atoms with Gasteiger partial charge in [-0.15, -0.1) is 0 Å². The van der Waals surface area contributed by atoms with E-state index in [1.807, 2.05) is 31.2 Å². The largest absolute Gasteiger partial charge is 0.363 e. The molecule has 0 aliphatic carbocycles. The summed E-state index contributed by atoms with van der Waals surface area (Å²) >= 11 is 6.01.